The molecule has 78 valence electrons. The van der Waals surface area contributed by atoms with Crippen molar-refractivity contribution in [3.8, 4) is 0 Å². The van der Waals surface area contributed by atoms with Crippen molar-refractivity contribution in [1.29, 1.82) is 0 Å². The van der Waals surface area contributed by atoms with Crippen molar-refractivity contribution in [1.82, 2.24) is 5.32 Å². The van der Waals surface area contributed by atoms with Crippen LogP contribution in [-0.2, 0) is 4.79 Å². The topological polar surface area (TPSA) is 41.5 Å². The lowest BCUT2D eigenvalue weighted by molar-refractivity contribution is -0.114. The molecule has 1 N–H and O–H groups in total. The predicted octanol–water partition coefficient (Wildman–Crippen LogP) is 2.06. The molecular weight excluding hydrogens is 176 g/mol. The van der Waals surface area contributed by atoms with Gasteiger partial charge in [-0.1, -0.05) is 19.1 Å². The number of aliphatic imine (C=N–C) groups is 1. The highest BCUT2D eigenvalue weighted by molar-refractivity contribution is 6.45. The maximum atomic E-state index is 11.4. The molecular formula is C11H18N2O. The molecule has 0 atom stereocenters. The van der Waals surface area contributed by atoms with Gasteiger partial charge in [0.15, 0.2) is 0 Å². The average molecular weight is 194 g/mol. The Hall–Kier alpha value is -1.38. The van der Waals surface area contributed by atoms with Crippen molar-refractivity contribution >= 4 is 11.6 Å². The van der Waals surface area contributed by atoms with Gasteiger partial charge in [0.2, 0.25) is 0 Å². The Morgan fingerprint density at radius 2 is 2.14 bits per heavy atom. The molecule has 0 aliphatic carbocycles. The minimum atomic E-state index is -0.152. The Labute approximate surface area is 85.6 Å². The molecule has 0 aliphatic rings. The number of nitrogens with one attached hydrogen (secondary N) is 1. The van der Waals surface area contributed by atoms with E-state index in [0.29, 0.717) is 5.71 Å². The van der Waals surface area contributed by atoms with Gasteiger partial charge in [-0.25, -0.2) is 0 Å². The number of hydrogen-bond acceptors (Lipinski definition) is 2. The van der Waals surface area contributed by atoms with Crippen LogP contribution >= 0.6 is 0 Å². The van der Waals surface area contributed by atoms with E-state index in [9.17, 15) is 4.79 Å². The van der Waals surface area contributed by atoms with Crippen molar-refractivity contribution < 1.29 is 4.79 Å². The van der Waals surface area contributed by atoms with Gasteiger partial charge >= 0.3 is 0 Å². The van der Waals surface area contributed by atoms with Gasteiger partial charge in [-0.2, -0.15) is 0 Å². The van der Waals surface area contributed by atoms with Gasteiger partial charge in [0, 0.05) is 13.2 Å². The summed E-state index contributed by atoms with van der Waals surface area (Å²) in [6.45, 7) is 5.78. The summed E-state index contributed by atoms with van der Waals surface area (Å²) in [5.74, 6) is -0.152. The van der Waals surface area contributed by atoms with Gasteiger partial charge in [0.05, 0.1) is 0 Å². The van der Waals surface area contributed by atoms with Crippen LogP contribution in [0.2, 0.25) is 0 Å². The third-order valence-electron chi connectivity index (χ3n) is 1.79. The van der Waals surface area contributed by atoms with E-state index >= 15 is 0 Å². The summed E-state index contributed by atoms with van der Waals surface area (Å²) < 4.78 is 0. The van der Waals surface area contributed by atoms with E-state index < -0.39 is 0 Å². The minimum absolute atomic E-state index is 0.152. The first-order valence-corrected chi connectivity index (χ1v) is 4.75. The second-order valence-corrected chi connectivity index (χ2v) is 2.82. The highest BCUT2D eigenvalue weighted by Gasteiger charge is 2.09. The SMILES string of the molecule is C\C=C(C)/C(=N\C=C/CC)C(=O)NC. The van der Waals surface area contributed by atoms with E-state index in [-0.39, 0.29) is 5.91 Å². The molecule has 0 unspecified atom stereocenters. The Morgan fingerprint density at radius 1 is 1.50 bits per heavy atom. The van der Waals surface area contributed by atoms with Gasteiger partial charge in [0.25, 0.3) is 5.91 Å². The molecule has 3 nitrogen and oxygen atoms in total. The summed E-state index contributed by atoms with van der Waals surface area (Å²) in [6, 6.07) is 0. The first-order chi connectivity index (χ1) is 6.67. The minimum Gasteiger partial charge on any atom is -0.354 e. The summed E-state index contributed by atoms with van der Waals surface area (Å²) >= 11 is 0. The third-order valence-corrected chi connectivity index (χ3v) is 1.79. The summed E-state index contributed by atoms with van der Waals surface area (Å²) in [6.07, 6.45) is 6.36. The molecule has 0 aromatic carbocycles. The molecule has 0 aromatic rings. The monoisotopic (exact) mass is 194 g/mol. The second-order valence-electron chi connectivity index (χ2n) is 2.82. The first-order valence-electron chi connectivity index (χ1n) is 4.75. The van der Waals surface area contributed by atoms with E-state index in [1.54, 1.807) is 13.2 Å². The molecule has 0 spiro atoms. The summed E-state index contributed by atoms with van der Waals surface area (Å²) in [5, 5.41) is 2.56. The van der Waals surface area contributed by atoms with Crippen molar-refractivity contribution in [3.05, 3.63) is 23.9 Å². The normalized spacial score (nSPS) is 13.4. The van der Waals surface area contributed by atoms with Crippen LogP contribution in [0.4, 0.5) is 0 Å². The smallest absolute Gasteiger partial charge is 0.269 e. The molecule has 0 aliphatic heterocycles. The molecule has 0 bridgehead atoms. The number of carbonyl (C=O) groups excluding carboxylic acids is 1. The predicted molar refractivity (Wildman–Crippen MR) is 60.4 cm³/mol. The highest BCUT2D eigenvalue weighted by Crippen LogP contribution is 1.98. The molecule has 1 amide bonds. The molecule has 14 heavy (non-hydrogen) atoms. The lowest BCUT2D eigenvalue weighted by Gasteiger charge is -2.02. The Kier molecular flexibility index (Phi) is 6.37. The van der Waals surface area contributed by atoms with Gasteiger partial charge in [-0.05, 0) is 25.8 Å². The Morgan fingerprint density at radius 3 is 2.57 bits per heavy atom. The number of amides is 1. The molecule has 0 rings (SSSR count). The van der Waals surface area contributed by atoms with Gasteiger partial charge in [0.1, 0.15) is 5.71 Å². The quantitative estimate of drug-likeness (QED) is 0.684. The van der Waals surface area contributed by atoms with Crippen LogP contribution in [-0.4, -0.2) is 18.7 Å². The second kappa shape index (κ2) is 7.06. The molecule has 0 aromatic heterocycles. The van der Waals surface area contributed by atoms with Crippen LogP contribution in [0.5, 0.6) is 0 Å². The number of allylic oxidation sites excluding steroid dienone is 2. The standard InChI is InChI=1S/C11H18N2O/c1-5-7-8-13-10(9(3)6-2)11(14)12-4/h6-8H,5H2,1-4H3,(H,12,14)/b8-7-,9-6-,13-10+. The van der Waals surface area contributed by atoms with E-state index in [2.05, 4.69) is 10.3 Å². The fourth-order valence-electron chi connectivity index (χ4n) is 0.827. The van der Waals surface area contributed by atoms with Crippen molar-refractivity contribution in [2.45, 2.75) is 27.2 Å². The number of carbonyl (C=O) groups is 1. The van der Waals surface area contributed by atoms with Crippen LogP contribution in [0.3, 0.4) is 0 Å². The van der Waals surface area contributed by atoms with Crippen molar-refractivity contribution in [2.24, 2.45) is 4.99 Å². The van der Waals surface area contributed by atoms with Gasteiger partial charge in [-0.15, -0.1) is 0 Å². The van der Waals surface area contributed by atoms with Crippen LogP contribution in [0.25, 0.3) is 0 Å². The zero-order valence-electron chi connectivity index (χ0n) is 9.29. The fourth-order valence-corrected chi connectivity index (χ4v) is 0.827. The number of hydrogen-bond donors (Lipinski definition) is 1. The molecule has 0 saturated carbocycles. The number of nitrogens with zero attached hydrogens (tertiary/aromatic N) is 1. The Balaban J connectivity index is 4.81. The number of rotatable bonds is 4. The average Bonchev–Trinajstić information content (AvgIpc) is 2.22. The van der Waals surface area contributed by atoms with Crippen LogP contribution in [0.1, 0.15) is 27.2 Å². The lowest BCUT2D eigenvalue weighted by Crippen LogP contribution is -2.28. The molecule has 0 radical (unpaired) electrons. The maximum Gasteiger partial charge on any atom is 0.269 e. The maximum absolute atomic E-state index is 11.4. The fraction of sp³-hybridized carbons (Fsp3) is 0.455. The first kappa shape index (κ1) is 12.6. The van der Waals surface area contributed by atoms with Crippen molar-refractivity contribution in [3.63, 3.8) is 0 Å². The van der Waals surface area contributed by atoms with E-state index in [1.807, 2.05) is 32.9 Å². The van der Waals surface area contributed by atoms with E-state index in [0.717, 1.165) is 12.0 Å². The van der Waals surface area contributed by atoms with Crippen LogP contribution < -0.4 is 5.32 Å². The zero-order chi connectivity index (χ0) is 11.0. The molecule has 0 heterocycles. The highest BCUT2D eigenvalue weighted by atomic mass is 16.1. The lowest BCUT2D eigenvalue weighted by atomic mass is 10.1. The van der Waals surface area contributed by atoms with E-state index in [4.69, 9.17) is 0 Å². The van der Waals surface area contributed by atoms with Crippen LogP contribution in [0, 0.1) is 0 Å². The Bertz CT molecular complexity index is 275. The van der Waals surface area contributed by atoms with Crippen molar-refractivity contribution in [2.75, 3.05) is 7.05 Å². The van der Waals surface area contributed by atoms with Crippen LogP contribution in [0.15, 0.2) is 28.9 Å². The summed E-state index contributed by atoms with van der Waals surface area (Å²) in [5.41, 5.74) is 1.35. The summed E-state index contributed by atoms with van der Waals surface area (Å²) in [4.78, 5) is 15.5. The van der Waals surface area contributed by atoms with Gasteiger partial charge in [-0.3, -0.25) is 9.79 Å². The third kappa shape index (κ3) is 4.03. The molecule has 0 saturated heterocycles. The molecule has 0 fully saturated rings. The van der Waals surface area contributed by atoms with Gasteiger partial charge < -0.3 is 5.32 Å². The van der Waals surface area contributed by atoms with E-state index in [1.165, 1.54) is 0 Å². The largest absolute Gasteiger partial charge is 0.354 e. The summed E-state index contributed by atoms with van der Waals surface area (Å²) in [7, 11) is 1.60. The zero-order valence-corrected chi connectivity index (χ0v) is 9.29. The molecule has 3 heteroatoms.